The zero-order chi connectivity index (χ0) is 11.0. The van der Waals surface area contributed by atoms with E-state index in [1.807, 2.05) is 0 Å². The Bertz CT molecular complexity index is 199. The maximum atomic E-state index is 11.1. The number of ether oxygens (including phenoxy) is 1. The van der Waals surface area contributed by atoms with Gasteiger partial charge in [0.15, 0.2) is 0 Å². The fourth-order valence-corrected chi connectivity index (χ4v) is 1.53. The predicted octanol–water partition coefficient (Wildman–Crippen LogP) is 2.72. The third-order valence-corrected chi connectivity index (χ3v) is 3.44. The molecular formula is C10H20MoO3Si. The Morgan fingerprint density at radius 1 is 1.40 bits per heavy atom. The standard InChI is InChI=1S/C10H20O3Si.Mo/c1-14(2,3)9-8-13-10(12)6-4-5-7-11;/h5,7,11H,4,6,8-9H2,1-3H3;/b7-5+;. The predicted molar refractivity (Wildman–Crippen MR) is 60.1 cm³/mol. The van der Waals surface area contributed by atoms with Crippen molar-refractivity contribution >= 4 is 14.0 Å². The minimum Gasteiger partial charge on any atom is -0.516 e. The van der Waals surface area contributed by atoms with Gasteiger partial charge >= 0.3 is 5.97 Å². The van der Waals surface area contributed by atoms with Gasteiger partial charge in [0.05, 0.1) is 12.9 Å². The molecule has 0 unspecified atom stereocenters. The molecule has 88 valence electrons. The normalized spacial score (nSPS) is 11.1. The maximum Gasteiger partial charge on any atom is 0.306 e. The average Bonchev–Trinajstić information content (AvgIpc) is 2.02. The van der Waals surface area contributed by atoms with Crippen LogP contribution >= 0.6 is 0 Å². The molecule has 0 aromatic carbocycles. The van der Waals surface area contributed by atoms with Gasteiger partial charge in [0.2, 0.25) is 0 Å². The van der Waals surface area contributed by atoms with E-state index >= 15 is 0 Å². The van der Waals surface area contributed by atoms with Gasteiger partial charge < -0.3 is 9.84 Å². The number of allylic oxidation sites excluding steroid dienone is 1. The molecule has 1 N–H and O–H groups in total. The van der Waals surface area contributed by atoms with E-state index < -0.39 is 8.07 Å². The van der Waals surface area contributed by atoms with Crippen LogP contribution in [0.1, 0.15) is 12.8 Å². The van der Waals surface area contributed by atoms with E-state index in [1.165, 1.54) is 0 Å². The largest absolute Gasteiger partial charge is 0.516 e. The van der Waals surface area contributed by atoms with E-state index in [0.717, 1.165) is 12.3 Å². The number of carbonyl (C=O) groups excluding carboxylic acids is 1. The molecule has 0 radical (unpaired) electrons. The van der Waals surface area contributed by atoms with E-state index in [-0.39, 0.29) is 27.0 Å². The molecule has 0 saturated heterocycles. The SMILES string of the molecule is C[Si](C)(C)CCOC(=O)CC/C=C/O.[Mo]. The van der Waals surface area contributed by atoms with Crippen molar-refractivity contribution in [1.82, 2.24) is 0 Å². The molecule has 0 fully saturated rings. The maximum absolute atomic E-state index is 11.1. The number of esters is 1. The summed E-state index contributed by atoms with van der Waals surface area (Å²) in [6, 6.07) is 1.01. The minimum atomic E-state index is -1.09. The van der Waals surface area contributed by atoms with Gasteiger partial charge in [-0.1, -0.05) is 19.6 Å². The summed E-state index contributed by atoms with van der Waals surface area (Å²) in [6.07, 6.45) is 3.39. The summed E-state index contributed by atoms with van der Waals surface area (Å²) < 4.78 is 5.04. The first kappa shape index (κ1) is 17.3. The first-order chi connectivity index (χ1) is 6.45. The Labute approximate surface area is 107 Å². The van der Waals surface area contributed by atoms with Crippen LogP contribution in [0.5, 0.6) is 0 Å². The van der Waals surface area contributed by atoms with E-state index in [4.69, 9.17) is 9.84 Å². The smallest absolute Gasteiger partial charge is 0.306 e. The van der Waals surface area contributed by atoms with Crippen LogP contribution < -0.4 is 0 Å². The average molecular weight is 312 g/mol. The Balaban J connectivity index is 0. The fraction of sp³-hybridized carbons (Fsp3) is 0.700. The van der Waals surface area contributed by atoms with Crippen molar-refractivity contribution in [2.75, 3.05) is 6.61 Å². The summed E-state index contributed by atoms with van der Waals surface area (Å²) in [4.78, 5) is 11.1. The number of hydrogen-bond acceptors (Lipinski definition) is 3. The van der Waals surface area contributed by atoms with Gasteiger partial charge in [-0.05, 0) is 18.5 Å². The summed E-state index contributed by atoms with van der Waals surface area (Å²) in [5.41, 5.74) is 0. The molecule has 0 aromatic heterocycles. The topological polar surface area (TPSA) is 46.5 Å². The molecule has 0 rings (SSSR count). The van der Waals surface area contributed by atoms with Gasteiger partial charge in [-0.15, -0.1) is 0 Å². The van der Waals surface area contributed by atoms with Gasteiger partial charge in [0.1, 0.15) is 0 Å². The van der Waals surface area contributed by atoms with Crippen molar-refractivity contribution in [2.24, 2.45) is 0 Å². The number of carbonyl (C=O) groups is 1. The second-order valence-corrected chi connectivity index (χ2v) is 10.1. The summed E-state index contributed by atoms with van der Waals surface area (Å²) in [6.45, 7) is 7.28. The van der Waals surface area contributed by atoms with E-state index in [9.17, 15) is 4.79 Å². The van der Waals surface area contributed by atoms with E-state index in [2.05, 4.69) is 19.6 Å². The number of aliphatic hydroxyl groups is 1. The Kier molecular flexibility index (Phi) is 10.6. The molecule has 3 nitrogen and oxygen atoms in total. The molecule has 0 atom stereocenters. The van der Waals surface area contributed by atoms with Crippen LogP contribution in [0.3, 0.4) is 0 Å². The van der Waals surface area contributed by atoms with Crippen LogP contribution in [-0.4, -0.2) is 25.8 Å². The van der Waals surface area contributed by atoms with Crippen molar-refractivity contribution in [3.63, 3.8) is 0 Å². The van der Waals surface area contributed by atoms with Gasteiger partial charge in [0, 0.05) is 35.6 Å². The third-order valence-electron chi connectivity index (χ3n) is 1.74. The quantitative estimate of drug-likeness (QED) is 0.466. The van der Waals surface area contributed by atoms with Gasteiger partial charge in [-0.25, -0.2) is 0 Å². The second-order valence-electron chi connectivity index (χ2n) is 4.45. The van der Waals surface area contributed by atoms with Crippen LogP contribution in [0.25, 0.3) is 0 Å². The molecule has 15 heavy (non-hydrogen) atoms. The van der Waals surface area contributed by atoms with Gasteiger partial charge in [-0.2, -0.15) is 0 Å². The molecule has 0 aliphatic heterocycles. The molecular weight excluding hydrogens is 292 g/mol. The van der Waals surface area contributed by atoms with Gasteiger partial charge in [0.25, 0.3) is 0 Å². The summed E-state index contributed by atoms with van der Waals surface area (Å²) in [5, 5.41) is 8.33. The van der Waals surface area contributed by atoms with Crippen molar-refractivity contribution in [3.05, 3.63) is 12.3 Å². The van der Waals surface area contributed by atoms with Crippen LogP contribution in [0.4, 0.5) is 0 Å². The Morgan fingerprint density at radius 3 is 2.47 bits per heavy atom. The molecule has 0 aromatic rings. The Morgan fingerprint density at radius 2 is 2.00 bits per heavy atom. The van der Waals surface area contributed by atoms with Crippen LogP contribution in [0, 0.1) is 0 Å². The number of hydrogen-bond donors (Lipinski definition) is 1. The molecule has 0 aliphatic rings. The molecule has 0 heterocycles. The summed E-state index contributed by atoms with van der Waals surface area (Å²) >= 11 is 0. The molecule has 5 heteroatoms. The molecule has 0 spiro atoms. The fourth-order valence-electron chi connectivity index (χ4n) is 0.819. The zero-order valence-corrected chi connectivity index (χ0v) is 12.7. The molecule has 0 aliphatic carbocycles. The second kappa shape index (κ2) is 9.16. The van der Waals surface area contributed by atoms with Crippen LogP contribution in [0.2, 0.25) is 25.7 Å². The minimum absolute atomic E-state index is 0. The zero-order valence-electron chi connectivity index (χ0n) is 9.66. The van der Waals surface area contributed by atoms with Crippen molar-refractivity contribution in [1.29, 1.82) is 0 Å². The third kappa shape index (κ3) is 13.9. The molecule has 0 saturated carbocycles. The summed E-state index contributed by atoms with van der Waals surface area (Å²) in [5.74, 6) is -0.179. The monoisotopic (exact) mass is 314 g/mol. The van der Waals surface area contributed by atoms with Crippen LogP contribution in [-0.2, 0) is 30.6 Å². The van der Waals surface area contributed by atoms with Crippen molar-refractivity contribution < 1.29 is 35.7 Å². The first-order valence-electron chi connectivity index (χ1n) is 4.90. The van der Waals surface area contributed by atoms with Crippen molar-refractivity contribution in [2.45, 2.75) is 38.5 Å². The van der Waals surface area contributed by atoms with Crippen molar-refractivity contribution in [3.8, 4) is 0 Å². The molecule has 0 amide bonds. The van der Waals surface area contributed by atoms with E-state index in [0.29, 0.717) is 19.4 Å². The number of aliphatic hydroxyl groups excluding tert-OH is 1. The Hall–Kier alpha value is -0.0848. The van der Waals surface area contributed by atoms with Gasteiger partial charge in [-0.3, -0.25) is 4.79 Å². The van der Waals surface area contributed by atoms with E-state index in [1.54, 1.807) is 6.08 Å². The summed E-state index contributed by atoms with van der Waals surface area (Å²) in [7, 11) is -1.09. The number of rotatable bonds is 6. The van der Waals surface area contributed by atoms with Crippen LogP contribution in [0.15, 0.2) is 12.3 Å². The first-order valence-corrected chi connectivity index (χ1v) is 8.61. The molecule has 0 bridgehead atoms.